The number of nitrogens with zero attached hydrogens (tertiary/aromatic N) is 1. The van der Waals surface area contributed by atoms with Gasteiger partial charge in [0.15, 0.2) is 0 Å². The molecule has 2 atom stereocenters. The second kappa shape index (κ2) is 11.6. The molecule has 5 heteroatoms. The van der Waals surface area contributed by atoms with Gasteiger partial charge in [-0.25, -0.2) is 0 Å². The van der Waals surface area contributed by atoms with Gasteiger partial charge in [-0.2, -0.15) is 0 Å². The highest BCUT2D eigenvalue weighted by molar-refractivity contribution is 7.98. The van der Waals surface area contributed by atoms with Crippen LogP contribution in [0.1, 0.15) is 63.1 Å². The maximum atomic E-state index is 13.7. The van der Waals surface area contributed by atoms with Crippen LogP contribution in [0.3, 0.4) is 0 Å². The molecule has 1 aliphatic heterocycles. The molecule has 0 radical (unpaired) electrons. The zero-order chi connectivity index (χ0) is 23.1. The summed E-state index contributed by atoms with van der Waals surface area (Å²) in [7, 11) is 0. The Balaban J connectivity index is 1.69. The number of benzene rings is 2. The molecule has 172 valence electrons. The Morgan fingerprint density at radius 1 is 1.12 bits per heavy atom. The fraction of sp³-hybridized carbons (Fsp3) is 0.481. The number of Topliss-reactive ketones (excluding diaryl/α,β-unsaturated/α-hetero) is 1. The molecule has 2 aromatic carbocycles. The van der Waals surface area contributed by atoms with Crippen LogP contribution >= 0.6 is 11.8 Å². The first-order valence-corrected chi connectivity index (χ1v) is 12.9. The van der Waals surface area contributed by atoms with Gasteiger partial charge in [0.05, 0.1) is 6.04 Å². The molecule has 0 aromatic heterocycles. The van der Waals surface area contributed by atoms with Gasteiger partial charge in [0, 0.05) is 35.9 Å². The van der Waals surface area contributed by atoms with E-state index in [9.17, 15) is 9.59 Å². The van der Waals surface area contributed by atoms with Crippen LogP contribution in [0.25, 0.3) is 0 Å². The number of anilines is 1. The summed E-state index contributed by atoms with van der Waals surface area (Å²) in [6, 6.07) is 16.2. The van der Waals surface area contributed by atoms with Crippen molar-refractivity contribution in [3.63, 3.8) is 0 Å². The zero-order valence-corrected chi connectivity index (χ0v) is 20.4. The summed E-state index contributed by atoms with van der Waals surface area (Å²) < 4.78 is 0. The standard InChI is InChI=1S/C27H36N2O2S/c1-19(2)17-21(18-23(30)15-12-20-10-13-22(28)14-11-20)27(31)29-16-6-8-25(29)24-7-4-5-9-26(24)32-3/h4-5,7,9-11,13-14,19,21,25H,6,8,12,15-18,28H2,1-3H3. The van der Waals surface area contributed by atoms with Gasteiger partial charge in [0.25, 0.3) is 0 Å². The minimum absolute atomic E-state index is 0.116. The van der Waals surface area contributed by atoms with Gasteiger partial charge in [-0.3, -0.25) is 9.59 Å². The maximum absolute atomic E-state index is 13.7. The number of carbonyl (C=O) groups excluding carboxylic acids is 2. The minimum Gasteiger partial charge on any atom is -0.399 e. The van der Waals surface area contributed by atoms with Crippen molar-refractivity contribution in [3.8, 4) is 0 Å². The number of nitrogen functional groups attached to an aromatic ring is 1. The van der Waals surface area contributed by atoms with Crippen LogP contribution in [0, 0.1) is 11.8 Å². The molecule has 4 nitrogen and oxygen atoms in total. The Bertz CT molecular complexity index is 910. The summed E-state index contributed by atoms with van der Waals surface area (Å²) in [5.74, 6) is 0.448. The molecule has 2 aromatic rings. The monoisotopic (exact) mass is 452 g/mol. The highest BCUT2D eigenvalue weighted by Crippen LogP contribution is 2.38. The van der Waals surface area contributed by atoms with Crippen LogP contribution in [-0.2, 0) is 16.0 Å². The highest BCUT2D eigenvalue weighted by Gasteiger charge is 2.35. The van der Waals surface area contributed by atoms with Gasteiger partial charge in [-0.15, -0.1) is 11.8 Å². The van der Waals surface area contributed by atoms with E-state index in [1.807, 2.05) is 24.3 Å². The summed E-state index contributed by atoms with van der Waals surface area (Å²) in [4.78, 5) is 29.8. The third kappa shape index (κ3) is 6.38. The molecule has 32 heavy (non-hydrogen) atoms. The molecule has 2 N–H and O–H groups in total. The third-order valence-corrected chi connectivity index (χ3v) is 7.10. The second-order valence-corrected chi connectivity index (χ2v) is 10.1. The van der Waals surface area contributed by atoms with Gasteiger partial charge < -0.3 is 10.6 Å². The van der Waals surface area contributed by atoms with Crippen LogP contribution in [0.15, 0.2) is 53.4 Å². The number of hydrogen-bond donors (Lipinski definition) is 1. The highest BCUT2D eigenvalue weighted by atomic mass is 32.2. The number of nitrogens with two attached hydrogens (primary N) is 1. The fourth-order valence-corrected chi connectivity index (χ4v) is 5.37. The van der Waals surface area contributed by atoms with Crippen LogP contribution in [0.2, 0.25) is 0 Å². The number of thioether (sulfide) groups is 1. The average Bonchev–Trinajstić information content (AvgIpc) is 3.27. The largest absolute Gasteiger partial charge is 0.399 e. The summed E-state index contributed by atoms with van der Waals surface area (Å²) in [5.41, 5.74) is 8.82. The Hall–Kier alpha value is -2.27. The first kappa shape index (κ1) is 24.4. The molecule has 1 aliphatic rings. The lowest BCUT2D eigenvalue weighted by atomic mass is 9.89. The first-order chi connectivity index (χ1) is 15.4. The van der Waals surface area contributed by atoms with Gasteiger partial charge >= 0.3 is 0 Å². The van der Waals surface area contributed by atoms with E-state index in [0.29, 0.717) is 25.2 Å². The lowest BCUT2D eigenvalue weighted by molar-refractivity contribution is -0.139. The van der Waals surface area contributed by atoms with Gasteiger partial charge in [0.1, 0.15) is 5.78 Å². The van der Waals surface area contributed by atoms with Crippen molar-refractivity contribution >= 4 is 29.1 Å². The van der Waals surface area contributed by atoms with Gasteiger partial charge in [-0.1, -0.05) is 44.2 Å². The smallest absolute Gasteiger partial charge is 0.226 e. The topological polar surface area (TPSA) is 63.4 Å². The van der Waals surface area contributed by atoms with Crippen molar-refractivity contribution in [3.05, 3.63) is 59.7 Å². The molecule has 2 unspecified atom stereocenters. The molecule has 0 spiro atoms. The minimum atomic E-state index is -0.240. The Labute approximate surface area is 197 Å². The summed E-state index contributed by atoms with van der Waals surface area (Å²) in [6.45, 7) is 5.04. The van der Waals surface area contributed by atoms with Crippen LogP contribution < -0.4 is 5.73 Å². The Morgan fingerprint density at radius 2 is 1.84 bits per heavy atom. The number of likely N-dealkylation sites (tertiary alicyclic amines) is 1. The van der Waals surface area contributed by atoms with E-state index in [-0.39, 0.29) is 23.7 Å². The maximum Gasteiger partial charge on any atom is 0.226 e. The lowest BCUT2D eigenvalue weighted by Gasteiger charge is -2.30. The van der Waals surface area contributed by atoms with Gasteiger partial charge in [-0.05, 0) is 67.2 Å². The van der Waals surface area contributed by atoms with E-state index in [1.165, 1.54) is 10.5 Å². The predicted molar refractivity (Wildman–Crippen MR) is 134 cm³/mol. The van der Waals surface area contributed by atoms with Crippen molar-refractivity contribution in [1.82, 2.24) is 4.90 Å². The average molecular weight is 453 g/mol. The fourth-order valence-electron chi connectivity index (χ4n) is 4.72. The van der Waals surface area contributed by atoms with Crippen LogP contribution in [0.4, 0.5) is 5.69 Å². The normalized spacial score (nSPS) is 17.0. The number of rotatable bonds is 10. The summed E-state index contributed by atoms with van der Waals surface area (Å²) in [5, 5.41) is 0. The first-order valence-electron chi connectivity index (χ1n) is 11.7. The van der Waals surface area contributed by atoms with E-state index >= 15 is 0 Å². The number of hydrogen-bond acceptors (Lipinski definition) is 4. The van der Waals surface area contributed by atoms with Crippen LogP contribution in [0.5, 0.6) is 0 Å². The molecular formula is C27H36N2O2S. The van der Waals surface area contributed by atoms with Crippen molar-refractivity contribution < 1.29 is 9.59 Å². The summed E-state index contributed by atoms with van der Waals surface area (Å²) in [6.07, 6.45) is 6.32. The second-order valence-electron chi connectivity index (χ2n) is 9.24. The Kier molecular flexibility index (Phi) is 8.80. The molecule has 3 rings (SSSR count). The quantitative estimate of drug-likeness (QED) is 0.360. The third-order valence-electron chi connectivity index (χ3n) is 6.29. The number of aryl methyl sites for hydroxylation is 1. The van der Waals surface area contributed by atoms with Crippen molar-refractivity contribution in [2.75, 3.05) is 18.5 Å². The molecule has 0 bridgehead atoms. The molecule has 0 aliphatic carbocycles. The predicted octanol–water partition coefficient (Wildman–Crippen LogP) is 5.91. The summed E-state index contributed by atoms with van der Waals surface area (Å²) >= 11 is 1.73. The molecule has 1 amide bonds. The van der Waals surface area contributed by atoms with Crippen LogP contribution in [-0.4, -0.2) is 29.4 Å². The van der Waals surface area contributed by atoms with E-state index in [4.69, 9.17) is 5.73 Å². The molecule has 1 saturated heterocycles. The van der Waals surface area contributed by atoms with Crippen molar-refractivity contribution in [2.24, 2.45) is 11.8 Å². The number of ketones is 1. The SMILES string of the molecule is CSc1ccccc1C1CCCN1C(=O)C(CC(=O)CCc1ccc(N)cc1)CC(C)C. The molecule has 1 heterocycles. The van der Waals surface area contributed by atoms with Crippen molar-refractivity contribution in [2.45, 2.75) is 63.3 Å². The van der Waals surface area contributed by atoms with E-state index < -0.39 is 0 Å². The molecular weight excluding hydrogens is 416 g/mol. The van der Waals surface area contributed by atoms with E-state index in [1.54, 1.807) is 11.8 Å². The number of amides is 1. The van der Waals surface area contributed by atoms with Gasteiger partial charge in [0.2, 0.25) is 5.91 Å². The lowest BCUT2D eigenvalue weighted by Crippen LogP contribution is -2.37. The van der Waals surface area contributed by atoms with E-state index in [2.05, 4.69) is 49.3 Å². The molecule has 1 fully saturated rings. The Morgan fingerprint density at radius 3 is 2.53 bits per heavy atom. The number of carbonyl (C=O) groups is 2. The zero-order valence-electron chi connectivity index (χ0n) is 19.5. The van der Waals surface area contributed by atoms with E-state index in [0.717, 1.165) is 37.1 Å². The van der Waals surface area contributed by atoms with Crippen molar-refractivity contribution in [1.29, 1.82) is 0 Å². The molecule has 0 saturated carbocycles.